The molecular formula is C40H53N3O3. The van der Waals surface area contributed by atoms with Crippen LogP contribution in [0.3, 0.4) is 0 Å². The van der Waals surface area contributed by atoms with E-state index in [2.05, 4.69) is 71.0 Å². The van der Waals surface area contributed by atoms with Gasteiger partial charge in [-0.1, -0.05) is 112 Å². The molecule has 0 aliphatic rings. The summed E-state index contributed by atoms with van der Waals surface area (Å²) in [4.78, 5) is 14.7. The Morgan fingerprint density at radius 3 is 1.61 bits per heavy atom. The Bertz CT molecular complexity index is 1430. The Balaban J connectivity index is 1.31. The van der Waals surface area contributed by atoms with Gasteiger partial charge in [-0.05, 0) is 69.5 Å². The first kappa shape index (κ1) is 35.2. The predicted octanol–water partition coefficient (Wildman–Crippen LogP) is 9.78. The lowest BCUT2D eigenvalue weighted by Gasteiger charge is -2.14. The molecular weight excluding hydrogens is 570 g/mol. The van der Waals surface area contributed by atoms with Crippen molar-refractivity contribution in [2.75, 3.05) is 19.8 Å². The molecule has 0 spiro atoms. The maximum Gasteiger partial charge on any atom is 0.164 e. The van der Waals surface area contributed by atoms with Gasteiger partial charge in [0.15, 0.2) is 17.5 Å². The van der Waals surface area contributed by atoms with Gasteiger partial charge in [-0.3, -0.25) is 0 Å². The summed E-state index contributed by atoms with van der Waals surface area (Å²) >= 11 is 0. The fourth-order valence-corrected chi connectivity index (χ4v) is 5.73. The number of hydrogen-bond donors (Lipinski definition) is 1. The molecule has 0 radical (unpaired) electrons. The third-order valence-corrected chi connectivity index (χ3v) is 8.39. The Morgan fingerprint density at radius 2 is 1.09 bits per heavy atom. The molecule has 1 aromatic heterocycles. The number of nitrogens with zero attached hydrogens (tertiary/aromatic N) is 3. The van der Waals surface area contributed by atoms with Crippen LogP contribution in [0.5, 0.6) is 5.75 Å². The molecule has 3 aromatic carbocycles. The summed E-state index contributed by atoms with van der Waals surface area (Å²) in [7, 11) is 0. The zero-order valence-corrected chi connectivity index (χ0v) is 28.6. The average Bonchev–Trinajstić information content (AvgIpc) is 3.04. The predicted molar refractivity (Wildman–Crippen MR) is 189 cm³/mol. The average molecular weight is 624 g/mol. The smallest absolute Gasteiger partial charge is 0.164 e. The molecule has 0 amide bonds. The maximum absolute atomic E-state index is 10.4. The largest absolute Gasteiger partial charge is 0.491 e. The Kier molecular flexibility index (Phi) is 14.2. The summed E-state index contributed by atoms with van der Waals surface area (Å²) in [5.41, 5.74) is 7.50. The van der Waals surface area contributed by atoms with E-state index in [0.717, 1.165) is 34.2 Å². The van der Waals surface area contributed by atoms with Crippen molar-refractivity contribution >= 4 is 0 Å². The third kappa shape index (κ3) is 11.0. The van der Waals surface area contributed by atoms with Crippen LogP contribution in [-0.2, 0) is 4.74 Å². The monoisotopic (exact) mass is 623 g/mol. The lowest BCUT2D eigenvalue weighted by Crippen LogP contribution is -2.23. The molecule has 0 aliphatic carbocycles. The lowest BCUT2D eigenvalue weighted by molar-refractivity contribution is 0.0110. The fraction of sp³-hybridized carbons (Fsp3) is 0.475. The van der Waals surface area contributed by atoms with Crippen molar-refractivity contribution in [1.82, 2.24) is 15.0 Å². The number of aliphatic hydroxyl groups excluding tert-OH is 1. The van der Waals surface area contributed by atoms with Crippen LogP contribution >= 0.6 is 0 Å². The van der Waals surface area contributed by atoms with Gasteiger partial charge in [-0.2, -0.15) is 0 Å². The van der Waals surface area contributed by atoms with Crippen LogP contribution in [-0.4, -0.2) is 46.0 Å². The van der Waals surface area contributed by atoms with Gasteiger partial charge >= 0.3 is 0 Å². The molecule has 0 saturated heterocycles. The summed E-state index contributed by atoms with van der Waals surface area (Å²) in [5.74, 6) is 2.58. The minimum absolute atomic E-state index is 0.177. The summed E-state index contributed by atoms with van der Waals surface area (Å²) in [6, 6.07) is 20.3. The summed E-state index contributed by atoms with van der Waals surface area (Å²) < 4.78 is 11.6. The number of ether oxygens (including phenoxy) is 2. The minimum Gasteiger partial charge on any atom is -0.491 e. The molecule has 1 unspecified atom stereocenters. The topological polar surface area (TPSA) is 77.4 Å². The van der Waals surface area contributed by atoms with Crippen LogP contribution in [0.25, 0.3) is 34.2 Å². The van der Waals surface area contributed by atoms with Crippen LogP contribution in [0, 0.1) is 27.7 Å². The number of benzene rings is 3. The number of aryl methyl sites for hydroxylation is 4. The molecule has 4 rings (SSSR count). The quantitative estimate of drug-likeness (QED) is 0.105. The number of unbranched alkanes of at least 4 members (excludes halogenated alkanes) is 9. The summed E-state index contributed by atoms with van der Waals surface area (Å²) in [6.45, 7) is 11.8. The molecule has 46 heavy (non-hydrogen) atoms. The standard InChI is InChI=1S/C40H53N3O3/c1-6-7-8-9-10-11-12-13-14-15-24-45-27-34(44)28-46-35-20-18-33(19-21-35)38-41-39(36-22-16-29(2)25-31(36)4)43-40(42-38)37-23-17-30(3)26-32(37)5/h16-23,25-26,34,44H,6-15,24,27-28H2,1-5H3. The molecule has 0 saturated carbocycles. The second-order valence-electron chi connectivity index (χ2n) is 12.7. The van der Waals surface area contributed by atoms with Gasteiger partial charge in [-0.15, -0.1) is 0 Å². The number of hydrogen-bond acceptors (Lipinski definition) is 6. The van der Waals surface area contributed by atoms with Crippen molar-refractivity contribution in [3.63, 3.8) is 0 Å². The van der Waals surface area contributed by atoms with Gasteiger partial charge in [0.1, 0.15) is 18.5 Å². The molecule has 1 heterocycles. The molecule has 6 nitrogen and oxygen atoms in total. The third-order valence-electron chi connectivity index (χ3n) is 8.39. The van der Waals surface area contributed by atoms with Crippen molar-refractivity contribution in [2.24, 2.45) is 0 Å². The van der Waals surface area contributed by atoms with Crippen LogP contribution in [0.15, 0.2) is 60.7 Å². The number of rotatable bonds is 19. The second-order valence-corrected chi connectivity index (χ2v) is 12.7. The van der Waals surface area contributed by atoms with Gasteiger partial charge in [0.2, 0.25) is 0 Å². The van der Waals surface area contributed by atoms with Gasteiger partial charge in [0.25, 0.3) is 0 Å². The Morgan fingerprint density at radius 1 is 0.587 bits per heavy atom. The summed E-state index contributed by atoms with van der Waals surface area (Å²) in [5, 5.41) is 10.4. The van der Waals surface area contributed by atoms with E-state index in [1.807, 2.05) is 24.3 Å². The number of aromatic nitrogens is 3. The lowest BCUT2D eigenvalue weighted by atomic mass is 10.0. The zero-order valence-electron chi connectivity index (χ0n) is 28.6. The first-order valence-corrected chi connectivity index (χ1v) is 17.2. The molecule has 246 valence electrons. The Labute approximate surface area is 276 Å². The molecule has 1 N–H and O–H groups in total. The SMILES string of the molecule is CCCCCCCCCCCCOCC(O)COc1ccc(-c2nc(-c3ccc(C)cc3C)nc(-c3ccc(C)cc3C)n2)cc1. The van der Waals surface area contributed by atoms with Gasteiger partial charge < -0.3 is 14.6 Å². The molecule has 1 atom stereocenters. The van der Waals surface area contributed by atoms with E-state index < -0.39 is 6.10 Å². The molecule has 0 aliphatic heterocycles. The van der Waals surface area contributed by atoms with Crippen LogP contribution in [0.1, 0.15) is 93.4 Å². The van der Waals surface area contributed by atoms with Crippen molar-refractivity contribution in [1.29, 1.82) is 0 Å². The van der Waals surface area contributed by atoms with E-state index in [0.29, 0.717) is 29.8 Å². The molecule has 0 bridgehead atoms. The fourth-order valence-electron chi connectivity index (χ4n) is 5.73. The maximum atomic E-state index is 10.4. The highest BCUT2D eigenvalue weighted by atomic mass is 16.5. The van der Waals surface area contributed by atoms with Gasteiger partial charge in [-0.25, -0.2) is 15.0 Å². The zero-order chi connectivity index (χ0) is 32.7. The second kappa shape index (κ2) is 18.5. The van der Waals surface area contributed by atoms with E-state index in [-0.39, 0.29) is 13.2 Å². The van der Waals surface area contributed by atoms with Crippen LogP contribution in [0.4, 0.5) is 0 Å². The molecule has 6 heteroatoms. The first-order chi connectivity index (χ1) is 22.3. The van der Waals surface area contributed by atoms with E-state index in [4.69, 9.17) is 24.4 Å². The van der Waals surface area contributed by atoms with E-state index in [1.54, 1.807) is 0 Å². The van der Waals surface area contributed by atoms with Crippen molar-refractivity contribution in [3.05, 3.63) is 82.9 Å². The number of aliphatic hydroxyl groups is 1. The van der Waals surface area contributed by atoms with E-state index >= 15 is 0 Å². The van der Waals surface area contributed by atoms with E-state index in [9.17, 15) is 5.11 Å². The summed E-state index contributed by atoms with van der Waals surface area (Å²) in [6.07, 6.45) is 12.3. The van der Waals surface area contributed by atoms with Gasteiger partial charge in [0.05, 0.1) is 6.61 Å². The minimum atomic E-state index is -0.674. The van der Waals surface area contributed by atoms with Gasteiger partial charge in [0, 0.05) is 23.3 Å². The highest BCUT2D eigenvalue weighted by molar-refractivity contribution is 5.69. The highest BCUT2D eigenvalue weighted by Crippen LogP contribution is 2.29. The first-order valence-electron chi connectivity index (χ1n) is 17.2. The van der Waals surface area contributed by atoms with E-state index in [1.165, 1.54) is 68.9 Å². The molecule has 0 fully saturated rings. The van der Waals surface area contributed by atoms with Crippen molar-refractivity contribution in [2.45, 2.75) is 105 Å². The van der Waals surface area contributed by atoms with Crippen molar-refractivity contribution in [3.8, 4) is 39.9 Å². The highest BCUT2D eigenvalue weighted by Gasteiger charge is 2.15. The normalized spacial score (nSPS) is 12.0. The van der Waals surface area contributed by atoms with Crippen LogP contribution in [0.2, 0.25) is 0 Å². The van der Waals surface area contributed by atoms with Crippen molar-refractivity contribution < 1.29 is 14.6 Å². The molecule has 4 aromatic rings. The van der Waals surface area contributed by atoms with Crippen LogP contribution < -0.4 is 4.74 Å². The Hall–Kier alpha value is -3.61.